The zero-order valence-electron chi connectivity index (χ0n) is 35.2. The van der Waals surface area contributed by atoms with E-state index in [1.165, 1.54) is 0 Å². The number of allylic oxidation sites excluding steroid dienone is 1. The Morgan fingerprint density at radius 3 is 0.794 bits per heavy atom. The van der Waals surface area contributed by atoms with Gasteiger partial charge in [-0.25, -0.2) is 0 Å². The molecule has 0 unspecified atom stereocenters. The molecule has 0 radical (unpaired) electrons. The Bertz CT molecular complexity index is 2750. The first kappa shape index (κ1) is 40.3. The van der Waals surface area contributed by atoms with Gasteiger partial charge in [-0.2, -0.15) is 0 Å². The summed E-state index contributed by atoms with van der Waals surface area (Å²) in [5.41, 5.74) is 14.5. The van der Waals surface area contributed by atoms with Crippen LogP contribution >= 0.6 is 0 Å². The Morgan fingerprint density at radius 2 is 0.540 bits per heavy atom. The number of unbranched alkanes of at least 4 members (excludes halogenated alkanes) is 1. The second-order valence-corrected chi connectivity index (χ2v) is 15.3. The summed E-state index contributed by atoms with van der Waals surface area (Å²) in [6.07, 6.45) is 3.83. The zero-order chi connectivity index (χ0) is 42.6. The second kappa shape index (κ2) is 19.5. The largest absolute Gasteiger partial charge is 0.494 e. The van der Waals surface area contributed by atoms with E-state index in [-0.39, 0.29) is 0 Å². The minimum atomic E-state index is 0.676. The molecule has 0 saturated carbocycles. The van der Waals surface area contributed by atoms with Crippen molar-refractivity contribution >= 4 is 51.2 Å². The first-order valence-electron chi connectivity index (χ1n) is 21.6. The van der Waals surface area contributed by atoms with Crippen molar-refractivity contribution in [2.24, 2.45) is 0 Å². The predicted molar refractivity (Wildman–Crippen MR) is 266 cm³/mol. The molecule has 9 rings (SSSR count). The van der Waals surface area contributed by atoms with Crippen molar-refractivity contribution in [3.8, 4) is 28.0 Å². The van der Waals surface area contributed by atoms with Crippen molar-refractivity contribution < 1.29 is 4.74 Å². The van der Waals surface area contributed by atoms with Gasteiger partial charge in [0.1, 0.15) is 5.75 Å². The van der Waals surface area contributed by atoms with E-state index >= 15 is 0 Å². The van der Waals surface area contributed by atoms with E-state index in [1.54, 1.807) is 0 Å². The molecule has 0 saturated heterocycles. The lowest BCUT2D eigenvalue weighted by molar-refractivity contribution is 0.312. The quantitative estimate of drug-likeness (QED) is 0.0714. The van der Waals surface area contributed by atoms with Gasteiger partial charge in [0.15, 0.2) is 0 Å². The van der Waals surface area contributed by atoms with Crippen LogP contribution in [0.1, 0.15) is 12.8 Å². The highest BCUT2D eigenvalue weighted by Crippen LogP contribution is 2.40. The summed E-state index contributed by atoms with van der Waals surface area (Å²) in [7, 11) is 0. The summed E-state index contributed by atoms with van der Waals surface area (Å²) in [4.78, 5) is 6.88. The van der Waals surface area contributed by atoms with Crippen molar-refractivity contribution in [1.29, 1.82) is 0 Å². The monoisotopic (exact) mass is 815 g/mol. The highest BCUT2D eigenvalue weighted by Gasteiger charge is 2.16. The highest BCUT2D eigenvalue weighted by atomic mass is 16.5. The average molecular weight is 816 g/mol. The third kappa shape index (κ3) is 9.47. The molecule has 0 aliphatic heterocycles. The van der Waals surface area contributed by atoms with Crippen LogP contribution in [0.2, 0.25) is 0 Å². The summed E-state index contributed by atoms with van der Waals surface area (Å²) < 4.78 is 5.97. The fourth-order valence-electron chi connectivity index (χ4n) is 7.97. The molecule has 0 bridgehead atoms. The maximum Gasteiger partial charge on any atom is 0.119 e. The molecule has 0 fully saturated rings. The number of ether oxygens (including phenoxy) is 1. The van der Waals surface area contributed by atoms with Crippen LogP contribution in [0, 0.1) is 0 Å². The van der Waals surface area contributed by atoms with Gasteiger partial charge in [0, 0.05) is 51.2 Å². The topological polar surface area (TPSA) is 19.0 Å². The van der Waals surface area contributed by atoms with Gasteiger partial charge in [0.2, 0.25) is 0 Å². The zero-order valence-corrected chi connectivity index (χ0v) is 35.2. The van der Waals surface area contributed by atoms with Crippen LogP contribution in [0.25, 0.3) is 22.3 Å². The van der Waals surface area contributed by atoms with Gasteiger partial charge < -0.3 is 19.4 Å². The molecule has 63 heavy (non-hydrogen) atoms. The molecule has 9 aromatic rings. The SMILES string of the molecule is C=CCCCOc1ccc(N(c2ccccc2)c2ccc(-c3ccc(N(c4ccccc4)c4ccc(-c5ccc(N(c6ccccc6)c6ccccc6)cc5)cc4)cc3)cc2)cc1. The Balaban J connectivity index is 0.944. The number of benzene rings is 9. The number of anilines is 9. The van der Waals surface area contributed by atoms with Crippen LogP contribution in [0.5, 0.6) is 5.75 Å². The number of para-hydroxylation sites is 4. The van der Waals surface area contributed by atoms with Gasteiger partial charge >= 0.3 is 0 Å². The van der Waals surface area contributed by atoms with E-state index < -0.39 is 0 Å². The molecule has 0 spiro atoms. The van der Waals surface area contributed by atoms with Crippen LogP contribution in [-0.2, 0) is 0 Å². The predicted octanol–water partition coefficient (Wildman–Crippen LogP) is 16.8. The van der Waals surface area contributed by atoms with Crippen molar-refractivity contribution in [2.75, 3.05) is 21.3 Å². The van der Waals surface area contributed by atoms with Crippen molar-refractivity contribution in [2.45, 2.75) is 12.8 Å². The normalized spacial score (nSPS) is 10.8. The fourth-order valence-corrected chi connectivity index (χ4v) is 7.97. The minimum Gasteiger partial charge on any atom is -0.494 e. The molecule has 9 aromatic carbocycles. The maximum absolute atomic E-state index is 5.97. The minimum absolute atomic E-state index is 0.676. The molecule has 0 aromatic heterocycles. The van der Waals surface area contributed by atoms with E-state index in [0.29, 0.717) is 6.61 Å². The summed E-state index contributed by atoms with van der Waals surface area (Å²) in [6, 6.07) is 85.8. The van der Waals surface area contributed by atoms with Gasteiger partial charge in [0.05, 0.1) is 6.61 Å². The third-order valence-electron chi connectivity index (χ3n) is 11.1. The molecule has 0 N–H and O–H groups in total. The molecule has 306 valence electrons. The first-order chi connectivity index (χ1) is 31.2. The van der Waals surface area contributed by atoms with Gasteiger partial charge in [-0.15, -0.1) is 6.58 Å². The standard InChI is InChI=1S/C59H49N3O/c1-2-3-16-45-63-59-43-41-58(42-44-59)62(53-23-14-7-15-24-53)57-39-31-49(32-40-57)48-29-37-56(38-30-48)61(52-21-12-6-13-22-52)55-35-27-47(28-36-55)46-25-33-54(34-26-46)60(50-17-8-4-9-18-50)51-19-10-5-11-20-51/h2,4-15,17-44H,1,3,16,45H2. The van der Waals surface area contributed by atoms with Gasteiger partial charge in [0.25, 0.3) is 0 Å². The molecule has 4 nitrogen and oxygen atoms in total. The summed E-state index contributed by atoms with van der Waals surface area (Å²) in [5.74, 6) is 0.870. The second-order valence-electron chi connectivity index (χ2n) is 15.3. The average Bonchev–Trinajstić information content (AvgIpc) is 3.36. The van der Waals surface area contributed by atoms with Crippen molar-refractivity contribution in [3.63, 3.8) is 0 Å². The van der Waals surface area contributed by atoms with Gasteiger partial charge in [-0.05, 0) is 156 Å². The van der Waals surface area contributed by atoms with Crippen LogP contribution in [-0.4, -0.2) is 6.61 Å². The Kier molecular flexibility index (Phi) is 12.5. The molecular formula is C59H49N3O. The highest BCUT2D eigenvalue weighted by molar-refractivity contribution is 5.83. The van der Waals surface area contributed by atoms with Crippen molar-refractivity contribution in [3.05, 3.63) is 255 Å². The summed E-state index contributed by atoms with van der Waals surface area (Å²) >= 11 is 0. The van der Waals surface area contributed by atoms with E-state index in [9.17, 15) is 0 Å². The van der Waals surface area contributed by atoms with E-state index in [1.807, 2.05) is 18.2 Å². The van der Waals surface area contributed by atoms with Crippen LogP contribution in [0.3, 0.4) is 0 Å². The molecular weight excluding hydrogens is 767 g/mol. The smallest absolute Gasteiger partial charge is 0.119 e. The van der Waals surface area contributed by atoms with Crippen LogP contribution in [0.4, 0.5) is 51.2 Å². The lowest BCUT2D eigenvalue weighted by Crippen LogP contribution is -2.10. The number of hydrogen-bond acceptors (Lipinski definition) is 4. The Hall–Kier alpha value is -8.08. The molecule has 0 amide bonds. The van der Waals surface area contributed by atoms with Gasteiger partial charge in [-0.1, -0.05) is 127 Å². The maximum atomic E-state index is 5.97. The van der Waals surface area contributed by atoms with Gasteiger partial charge in [-0.3, -0.25) is 0 Å². The van der Waals surface area contributed by atoms with E-state index in [0.717, 1.165) is 92.0 Å². The third-order valence-corrected chi connectivity index (χ3v) is 11.1. The number of nitrogens with zero attached hydrogens (tertiary/aromatic N) is 3. The molecule has 0 aliphatic rings. The molecule has 0 heterocycles. The fraction of sp³-hybridized carbons (Fsp3) is 0.0508. The molecule has 4 heteroatoms. The summed E-state index contributed by atoms with van der Waals surface area (Å²) in [6.45, 7) is 4.48. The number of rotatable bonds is 16. The van der Waals surface area contributed by atoms with E-state index in [2.05, 4.69) is 252 Å². The van der Waals surface area contributed by atoms with E-state index in [4.69, 9.17) is 4.74 Å². The Labute approximate surface area is 371 Å². The van der Waals surface area contributed by atoms with Crippen LogP contribution in [0.15, 0.2) is 255 Å². The number of hydrogen-bond donors (Lipinski definition) is 0. The molecule has 0 aliphatic carbocycles. The lowest BCUT2D eigenvalue weighted by atomic mass is 10.0. The Morgan fingerprint density at radius 1 is 0.302 bits per heavy atom. The van der Waals surface area contributed by atoms with Crippen molar-refractivity contribution in [1.82, 2.24) is 0 Å². The molecule has 0 atom stereocenters. The first-order valence-corrected chi connectivity index (χ1v) is 21.6. The lowest BCUT2D eigenvalue weighted by Gasteiger charge is -2.26. The summed E-state index contributed by atoms with van der Waals surface area (Å²) in [5, 5.41) is 0. The van der Waals surface area contributed by atoms with Crippen LogP contribution < -0.4 is 19.4 Å².